The molecule has 0 radical (unpaired) electrons. The van der Waals surface area contributed by atoms with E-state index in [2.05, 4.69) is 69.4 Å². The smallest absolute Gasteiger partial charge is 0.306 e. The molecule has 0 aliphatic rings. The number of esters is 3. The Labute approximate surface area is 435 Å². The SMILES string of the molecule is CC/C=C\C/C=C\C/C=C\C/C=C\CCCCCCCCCCCCCCCCCCC(=O)OCC(COC(=O)CCCCCCC)OC(=O)CCCCCCCCCCCCCCCCCCCC. The van der Waals surface area contributed by atoms with Crippen LogP contribution in [0.25, 0.3) is 0 Å². The first-order valence-electron chi connectivity index (χ1n) is 30.6. The Morgan fingerprint density at radius 3 is 0.871 bits per heavy atom. The third-order valence-electron chi connectivity index (χ3n) is 13.6. The number of hydrogen-bond acceptors (Lipinski definition) is 6. The molecule has 0 saturated heterocycles. The number of hydrogen-bond donors (Lipinski definition) is 0. The molecule has 0 spiro atoms. The maximum absolute atomic E-state index is 12.8. The van der Waals surface area contributed by atoms with Gasteiger partial charge in [0.2, 0.25) is 0 Å². The van der Waals surface area contributed by atoms with Gasteiger partial charge < -0.3 is 14.2 Å². The average Bonchev–Trinajstić information content (AvgIpc) is 3.36. The van der Waals surface area contributed by atoms with E-state index in [4.69, 9.17) is 14.2 Å². The van der Waals surface area contributed by atoms with Gasteiger partial charge in [0.15, 0.2) is 6.10 Å². The van der Waals surface area contributed by atoms with Gasteiger partial charge in [0, 0.05) is 19.3 Å². The second kappa shape index (κ2) is 58.9. The summed E-state index contributed by atoms with van der Waals surface area (Å²) in [5, 5.41) is 0. The molecule has 0 aromatic rings. The van der Waals surface area contributed by atoms with Gasteiger partial charge in [-0.15, -0.1) is 0 Å². The fourth-order valence-electron chi connectivity index (χ4n) is 9.02. The van der Waals surface area contributed by atoms with Crippen LogP contribution in [0.15, 0.2) is 48.6 Å². The number of carbonyl (C=O) groups is 3. The fraction of sp³-hybridized carbons (Fsp3) is 0.828. The summed E-state index contributed by atoms with van der Waals surface area (Å²) in [6, 6.07) is 0. The summed E-state index contributed by atoms with van der Waals surface area (Å²) in [4.78, 5) is 37.8. The van der Waals surface area contributed by atoms with Gasteiger partial charge >= 0.3 is 17.9 Å². The summed E-state index contributed by atoms with van der Waals surface area (Å²) in [7, 11) is 0. The van der Waals surface area contributed by atoms with E-state index in [0.29, 0.717) is 19.3 Å². The van der Waals surface area contributed by atoms with Crippen LogP contribution in [-0.4, -0.2) is 37.2 Å². The summed E-state index contributed by atoms with van der Waals surface area (Å²) in [5.74, 6) is -0.864. The molecular weight excluding hydrogens is 865 g/mol. The molecular formula is C64H116O6. The topological polar surface area (TPSA) is 78.9 Å². The lowest BCUT2D eigenvalue weighted by molar-refractivity contribution is -0.167. The van der Waals surface area contributed by atoms with Crippen molar-refractivity contribution >= 4 is 17.9 Å². The van der Waals surface area contributed by atoms with E-state index in [9.17, 15) is 14.4 Å². The molecule has 6 nitrogen and oxygen atoms in total. The number of ether oxygens (including phenoxy) is 3. The summed E-state index contributed by atoms with van der Waals surface area (Å²) in [6.07, 6.45) is 73.1. The molecule has 1 unspecified atom stereocenters. The van der Waals surface area contributed by atoms with Gasteiger partial charge in [0.25, 0.3) is 0 Å². The van der Waals surface area contributed by atoms with Crippen molar-refractivity contribution in [2.75, 3.05) is 13.2 Å². The maximum atomic E-state index is 12.8. The van der Waals surface area contributed by atoms with Gasteiger partial charge in [-0.2, -0.15) is 0 Å². The molecule has 0 aliphatic heterocycles. The highest BCUT2D eigenvalue weighted by Crippen LogP contribution is 2.17. The van der Waals surface area contributed by atoms with E-state index in [1.54, 1.807) is 0 Å². The Morgan fingerprint density at radius 1 is 0.300 bits per heavy atom. The minimum atomic E-state index is -0.765. The van der Waals surface area contributed by atoms with E-state index in [0.717, 1.165) is 89.9 Å². The molecule has 1 atom stereocenters. The van der Waals surface area contributed by atoms with Crippen molar-refractivity contribution in [2.24, 2.45) is 0 Å². The minimum Gasteiger partial charge on any atom is -0.462 e. The normalized spacial score (nSPS) is 12.3. The van der Waals surface area contributed by atoms with Crippen LogP contribution >= 0.6 is 0 Å². The van der Waals surface area contributed by atoms with Crippen LogP contribution in [0.2, 0.25) is 0 Å². The van der Waals surface area contributed by atoms with Crippen LogP contribution in [0, 0.1) is 0 Å². The van der Waals surface area contributed by atoms with Crippen LogP contribution in [-0.2, 0) is 28.6 Å². The van der Waals surface area contributed by atoms with Crippen LogP contribution in [0.5, 0.6) is 0 Å². The molecule has 70 heavy (non-hydrogen) atoms. The van der Waals surface area contributed by atoms with E-state index in [-0.39, 0.29) is 31.1 Å². The van der Waals surface area contributed by atoms with Crippen molar-refractivity contribution in [3.8, 4) is 0 Å². The highest BCUT2D eigenvalue weighted by atomic mass is 16.6. The Kier molecular flexibility index (Phi) is 56.7. The third-order valence-corrected chi connectivity index (χ3v) is 13.6. The molecule has 0 saturated carbocycles. The standard InChI is InChI=1S/C64H116O6/c1-4-7-10-13-15-17-19-21-23-25-27-28-29-30-31-32-33-34-35-36-37-39-40-42-44-46-48-51-54-57-63(66)69-60-61(59-68-62(65)56-53-50-12-9-6-3)70-64(67)58-55-52-49-47-45-43-41-38-26-24-22-20-18-16-14-11-8-5-2/h7,10,15,17,21,23,27-28,61H,4-6,8-9,11-14,16,18-20,22,24-26,29-60H2,1-3H3/b10-7-,17-15-,23-21-,28-27-. The van der Waals surface area contributed by atoms with Gasteiger partial charge in [0.05, 0.1) is 0 Å². The number of unbranched alkanes of at least 4 members (excludes halogenated alkanes) is 37. The van der Waals surface area contributed by atoms with E-state index < -0.39 is 6.10 Å². The van der Waals surface area contributed by atoms with Gasteiger partial charge in [0.1, 0.15) is 13.2 Å². The minimum absolute atomic E-state index is 0.0682. The van der Waals surface area contributed by atoms with Crippen molar-refractivity contribution in [1.82, 2.24) is 0 Å². The molecule has 408 valence electrons. The first-order chi connectivity index (χ1) is 34.5. The predicted molar refractivity (Wildman–Crippen MR) is 302 cm³/mol. The van der Waals surface area contributed by atoms with Crippen molar-refractivity contribution < 1.29 is 28.6 Å². The predicted octanol–water partition coefficient (Wildman–Crippen LogP) is 20.6. The zero-order valence-electron chi connectivity index (χ0n) is 46.8. The Balaban J connectivity index is 3.97. The van der Waals surface area contributed by atoms with Crippen LogP contribution in [0.3, 0.4) is 0 Å². The largest absolute Gasteiger partial charge is 0.462 e. The van der Waals surface area contributed by atoms with Crippen LogP contribution in [0.4, 0.5) is 0 Å². The van der Waals surface area contributed by atoms with E-state index in [1.165, 1.54) is 193 Å². The van der Waals surface area contributed by atoms with Crippen molar-refractivity contribution in [3.05, 3.63) is 48.6 Å². The lowest BCUT2D eigenvalue weighted by Crippen LogP contribution is -2.30. The molecule has 0 amide bonds. The lowest BCUT2D eigenvalue weighted by atomic mass is 10.0. The molecule has 0 N–H and O–H groups in total. The first kappa shape index (κ1) is 67.4. The molecule has 0 bridgehead atoms. The zero-order chi connectivity index (χ0) is 50.7. The highest BCUT2D eigenvalue weighted by Gasteiger charge is 2.19. The average molecular weight is 982 g/mol. The quantitative estimate of drug-likeness (QED) is 0.0261. The number of rotatable bonds is 56. The van der Waals surface area contributed by atoms with Crippen molar-refractivity contribution in [1.29, 1.82) is 0 Å². The van der Waals surface area contributed by atoms with Gasteiger partial charge in [-0.3, -0.25) is 14.4 Å². The zero-order valence-corrected chi connectivity index (χ0v) is 46.8. The summed E-state index contributed by atoms with van der Waals surface area (Å²) in [6.45, 7) is 6.49. The number of carbonyl (C=O) groups excluding carboxylic acids is 3. The van der Waals surface area contributed by atoms with Crippen LogP contribution < -0.4 is 0 Å². The lowest BCUT2D eigenvalue weighted by Gasteiger charge is -2.18. The molecule has 6 heteroatoms. The van der Waals surface area contributed by atoms with E-state index >= 15 is 0 Å². The Morgan fingerprint density at radius 2 is 0.557 bits per heavy atom. The molecule has 0 aromatic carbocycles. The summed E-state index contributed by atoms with van der Waals surface area (Å²) < 4.78 is 16.8. The Hall–Kier alpha value is -2.63. The molecule has 0 heterocycles. The number of allylic oxidation sites excluding steroid dienone is 8. The Bertz CT molecular complexity index is 1220. The van der Waals surface area contributed by atoms with Crippen molar-refractivity contribution in [2.45, 2.75) is 329 Å². The maximum Gasteiger partial charge on any atom is 0.306 e. The molecule has 0 aliphatic carbocycles. The molecule has 0 rings (SSSR count). The summed E-state index contributed by atoms with van der Waals surface area (Å²) >= 11 is 0. The summed E-state index contributed by atoms with van der Waals surface area (Å²) in [5.41, 5.74) is 0. The fourth-order valence-corrected chi connectivity index (χ4v) is 9.02. The first-order valence-corrected chi connectivity index (χ1v) is 30.6. The monoisotopic (exact) mass is 981 g/mol. The second-order valence-electron chi connectivity index (χ2n) is 20.6. The molecule has 0 aromatic heterocycles. The van der Waals surface area contributed by atoms with Crippen molar-refractivity contribution in [3.63, 3.8) is 0 Å². The van der Waals surface area contributed by atoms with E-state index in [1.807, 2.05) is 0 Å². The second-order valence-corrected chi connectivity index (χ2v) is 20.6. The van der Waals surface area contributed by atoms with Crippen LogP contribution in [0.1, 0.15) is 323 Å². The molecule has 0 fully saturated rings. The van der Waals surface area contributed by atoms with Gasteiger partial charge in [-0.1, -0.05) is 294 Å². The van der Waals surface area contributed by atoms with Gasteiger partial charge in [-0.25, -0.2) is 0 Å². The van der Waals surface area contributed by atoms with Gasteiger partial charge in [-0.05, 0) is 57.8 Å². The third kappa shape index (κ3) is 56.3. The highest BCUT2D eigenvalue weighted by molar-refractivity contribution is 5.71.